The summed E-state index contributed by atoms with van der Waals surface area (Å²) in [6.45, 7) is 7.39. The largest absolute Gasteiger partial charge is 0.462 e. The molecular weight excluding hydrogens is 128 g/mol. The van der Waals surface area contributed by atoms with Gasteiger partial charge in [0.05, 0.1) is 12.0 Å². The predicted octanol–water partition coefficient (Wildman–Crippen LogP) is 1.94. The van der Waals surface area contributed by atoms with Gasteiger partial charge in [-0.25, -0.2) is 0 Å². The third-order valence-electron chi connectivity index (χ3n) is 1.29. The lowest BCUT2D eigenvalue weighted by Gasteiger charge is -2.11. The Bertz CT molecular complexity index is 108. The summed E-state index contributed by atoms with van der Waals surface area (Å²) in [5.41, 5.74) is 0. The Kier molecular flexibility index (Phi) is 4.08. The van der Waals surface area contributed by atoms with Gasteiger partial charge in [0.1, 0.15) is 0 Å². The van der Waals surface area contributed by atoms with Gasteiger partial charge in [0.25, 0.3) is 0 Å². The van der Waals surface area contributed by atoms with E-state index in [-0.39, 0.29) is 12.1 Å². The van der Waals surface area contributed by atoms with Gasteiger partial charge in [-0.3, -0.25) is 4.79 Å². The molecule has 0 rings (SSSR count). The van der Waals surface area contributed by atoms with Crippen LogP contribution in [-0.4, -0.2) is 12.1 Å². The van der Waals surface area contributed by atoms with Crippen molar-refractivity contribution in [3.8, 4) is 0 Å². The fourth-order valence-corrected chi connectivity index (χ4v) is 0.384. The van der Waals surface area contributed by atoms with E-state index in [1.165, 1.54) is 0 Å². The summed E-state index contributed by atoms with van der Waals surface area (Å²) in [6.07, 6.45) is 0.918. The number of ether oxygens (including phenoxy) is 1. The molecule has 0 aromatic rings. The van der Waals surface area contributed by atoms with E-state index in [1.807, 2.05) is 13.8 Å². The molecule has 0 aliphatic rings. The minimum Gasteiger partial charge on any atom is -0.462 e. The van der Waals surface area contributed by atoms with E-state index < -0.39 is 0 Å². The van der Waals surface area contributed by atoms with Gasteiger partial charge >= 0.3 is 5.97 Å². The lowest BCUT2D eigenvalue weighted by molar-refractivity contribution is -0.145. The van der Waals surface area contributed by atoms with Crippen LogP contribution in [-0.2, 0) is 9.53 Å². The summed E-state index contributed by atoms with van der Waals surface area (Å²) in [7, 11) is 0. The normalized spacial score (nSPS) is 13.3. The van der Waals surface area contributed by atoms with Crippen molar-refractivity contribution in [3.05, 3.63) is 5.92 Å². The minimum absolute atomic E-state index is 0.0439. The number of hydrogen-bond acceptors (Lipinski definition) is 2. The summed E-state index contributed by atoms with van der Waals surface area (Å²) in [4.78, 5) is 10.9. The van der Waals surface area contributed by atoms with Crippen molar-refractivity contribution >= 4 is 5.97 Å². The van der Waals surface area contributed by atoms with E-state index in [4.69, 9.17) is 4.74 Å². The molecule has 0 aromatic carbocycles. The summed E-state index contributed by atoms with van der Waals surface area (Å²) >= 11 is 0. The van der Waals surface area contributed by atoms with Gasteiger partial charge in [0.2, 0.25) is 0 Å². The van der Waals surface area contributed by atoms with Gasteiger partial charge in [-0.05, 0) is 27.2 Å². The molecule has 1 radical (unpaired) electrons. The molecule has 59 valence electrons. The third-order valence-corrected chi connectivity index (χ3v) is 1.29. The number of rotatable bonds is 3. The van der Waals surface area contributed by atoms with Crippen LogP contribution in [0.1, 0.15) is 34.1 Å². The highest BCUT2D eigenvalue weighted by Crippen LogP contribution is 2.03. The van der Waals surface area contributed by atoms with Crippen LogP contribution in [0.25, 0.3) is 0 Å². The van der Waals surface area contributed by atoms with Crippen molar-refractivity contribution in [2.45, 2.75) is 40.2 Å². The molecule has 1 unspecified atom stereocenters. The Morgan fingerprint density at radius 1 is 1.50 bits per heavy atom. The first-order valence-electron chi connectivity index (χ1n) is 3.59. The van der Waals surface area contributed by atoms with E-state index in [2.05, 4.69) is 0 Å². The molecule has 0 N–H and O–H groups in total. The maximum atomic E-state index is 10.9. The molecule has 2 heteroatoms. The highest BCUT2D eigenvalue weighted by atomic mass is 16.5. The topological polar surface area (TPSA) is 26.3 Å². The summed E-state index contributed by atoms with van der Waals surface area (Å²) in [6, 6.07) is 0. The van der Waals surface area contributed by atoms with Gasteiger partial charge in [-0.2, -0.15) is 0 Å². The highest BCUT2D eigenvalue weighted by Gasteiger charge is 2.11. The second kappa shape index (κ2) is 4.31. The quantitative estimate of drug-likeness (QED) is 0.564. The molecule has 0 bridgehead atoms. The molecule has 10 heavy (non-hydrogen) atoms. The number of esters is 1. The number of carbonyl (C=O) groups is 1. The van der Waals surface area contributed by atoms with E-state index in [0.29, 0.717) is 5.92 Å². The van der Waals surface area contributed by atoms with E-state index in [9.17, 15) is 4.79 Å². The molecule has 0 heterocycles. The van der Waals surface area contributed by atoms with Crippen LogP contribution in [0.4, 0.5) is 0 Å². The Hall–Kier alpha value is -0.530. The number of carbonyl (C=O) groups excluding carboxylic acids is 1. The Labute approximate surface area is 62.6 Å². The zero-order valence-electron chi connectivity index (χ0n) is 7.10. The van der Waals surface area contributed by atoms with E-state index in [1.54, 1.807) is 13.8 Å². The number of hydrogen-bond donors (Lipinski definition) is 0. The average molecular weight is 143 g/mol. The Morgan fingerprint density at radius 2 is 2.00 bits per heavy atom. The molecule has 0 saturated heterocycles. The first-order valence-corrected chi connectivity index (χ1v) is 3.59. The monoisotopic (exact) mass is 143 g/mol. The summed E-state index contributed by atoms with van der Waals surface area (Å²) in [5.74, 6) is 0.523. The maximum Gasteiger partial charge on any atom is 0.312 e. The van der Waals surface area contributed by atoms with E-state index in [0.717, 1.165) is 6.42 Å². The smallest absolute Gasteiger partial charge is 0.312 e. The van der Waals surface area contributed by atoms with Gasteiger partial charge in [-0.1, -0.05) is 6.92 Å². The molecule has 0 aliphatic carbocycles. The molecule has 0 fully saturated rings. The fourth-order valence-electron chi connectivity index (χ4n) is 0.384. The molecule has 0 aromatic heterocycles. The predicted molar refractivity (Wildman–Crippen MR) is 40.4 cm³/mol. The van der Waals surface area contributed by atoms with Gasteiger partial charge in [0.15, 0.2) is 0 Å². The van der Waals surface area contributed by atoms with Gasteiger partial charge in [0, 0.05) is 0 Å². The summed E-state index contributed by atoms with van der Waals surface area (Å²) in [5, 5.41) is 0. The van der Waals surface area contributed by atoms with Crippen molar-refractivity contribution < 1.29 is 9.53 Å². The molecule has 0 aliphatic heterocycles. The molecule has 0 amide bonds. The van der Waals surface area contributed by atoms with Crippen LogP contribution in [0.15, 0.2) is 0 Å². The van der Waals surface area contributed by atoms with Gasteiger partial charge < -0.3 is 4.74 Å². The first-order chi connectivity index (χ1) is 4.57. The SMILES string of the molecule is CCC(C)OC(=O)[C](C)C. The average Bonchev–Trinajstić information content (AvgIpc) is 1.87. The highest BCUT2D eigenvalue weighted by molar-refractivity contribution is 5.83. The zero-order valence-corrected chi connectivity index (χ0v) is 7.10. The molecule has 0 saturated carbocycles. The van der Waals surface area contributed by atoms with Crippen LogP contribution in [0.2, 0.25) is 0 Å². The molecule has 1 atom stereocenters. The van der Waals surface area contributed by atoms with Crippen LogP contribution < -0.4 is 0 Å². The molecule has 0 spiro atoms. The standard InChI is InChI=1S/C8H15O2/c1-5-7(4)10-8(9)6(2)3/h7H,5H2,1-4H3. The summed E-state index contributed by atoms with van der Waals surface area (Å²) < 4.78 is 4.98. The second-order valence-electron chi connectivity index (χ2n) is 2.62. The lowest BCUT2D eigenvalue weighted by Crippen LogP contribution is -2.16. The molecular formula is C8H15O2. The third kappa shape index (κ3) is 3.49. The van der Waals surface area contributed by atoms with Crippen LogP contribution in [0.5, 0.6) is 0 Å². The van der Waals surface area contributed by atoms with E-state index >= 15 is 0 Å². The fraction of sp³-hybridized carbons (Fsp3) is 0.750. The lowest BCUT2D eigenvalue weighted by atomic mass is 10.2. The first kappa shape index (κ1) is 9.47. The zero-order chi connectivity index (χ0) is 8.15. The van der Waals surface area contributed by atoms with Gasteiger partial charge in [-0.15, -0.1) is 0 Å². The molecule has 2 nitrogen and oxygen atoms in total. The van der Waals surface area contributed by atoms with Crippen molar-refractivity contribution in [2.75, 3.05) is 0 Å². The van der Waals surface area contributed by atoms with Crippen molar-refractivity contribution in [1.29, 1.82) is 0 Å². The Balaban J connectivity index is 3.57. The minimum atomic E-state index is -0.186. The van der Waals surface area contributed by atoms with Crippen LogP contribution in [0.3, 0.4) is 0 Å². The van der Waals surface area contributed by atoms with Crippen molar-refractivity contribution in [1.82, 2.24) is 0 Å². The van der Waals surface area contributed by atoms with Crippen LogP contribution in [0, 0.1) is 5.92 Å². The second-order valence-corrected chi connectivity index (χ2v) is 2.62. The van der Waals surface area contributed by atoms with Crippen molar-refractivity contribution in [3.63, 3.8) is 0 Å². The van der Waals surface area contributed by atoms with Crippen molar-refractivity contribution in [2.24, 2.45) is 0 Å². The maximum absolute atomic E-state index is 10.9. The van der Waals surface area contributed by atoms with Crippen LogP contribution >= 0.6 is 0 Å². The Morgan fingerprint density at radius 3 is 2.30 bits per heavy atom.